The highest BCUT2D eigenvalue weighted by molar-refractivity contribution is 7.13. The van der Waals surface area contributed by atoms with Crippen molar-refractivity contribution in [1.82, 2.24) is 29.9 Å². The monoisotopic (exact) mass is 712 g/mol. The fraction of sp³-hybridized carbons (Fsp3) is 0.513. The largest absolute Gasteiger partial charge is 0.393 e. The van der Waals surface area contributed by atoms with Gasteiger partial charge < -0.3 is 30.0 Å². The first-order valence-electron chi connectivity index (χ1n) is 18.4. The van der Waals surface area contributed by atoms with Crippen LogP contribution in [0.4, 0.5) is 0 Å². The van der Waals surface area contributed by atoms with Crippen LogP contribution < -0.4 is 5.32 Å². The maximum absolute atomic E-state index is 14.0. The number of nitrogens with zero attached hydrogens (tertiary/aromatic N) is 5. The molecule has 4 aliphatic rings. The van der Waals surface area contributed by atoms with Gasteiger partial charge in [0.25, 0.3) is 5.91 Å². The molecule has 0 saturated carbocycles. The molecule has 2 unspecified atom stereocenters. The van der Waals surface area contributed by atoms with E-state index in [9.17, 15) is 24.3 Å². The number of carbonyl (C=O) groups is 4. The average Bonchev–Trinajstić information content (AvgIpc) is 3.89. The number of amides is 4. The molecule has 7 rings (SSSR count). The lowest BCUT2D eigenvalue weighted by Crippen LogP contribution is -2.50. The van der Waals surface area contributed by atoms with Gasteiger partial charge in [-0.3, -0.25) is 19.2 Å². The Morgan fingerprint density at radius 3 is 2.39 bits per heavy atom. The number of hydrogen-bond donors (Lipinski definition) is 2. The summed E-state index contributed by atoms with van der Waals surface area (Å²) >= 11 is 1.58. The van der Waals surface area contributed by atoms with E-state index in [0.717, 1.165) is 72.6 Å². The second-order valence-electron chi connectivity index (χ2n) is 14.6. The van der Waals surface area contributed by atoms with Gasteiger partial charge >= 0.3 is 0 Å². The molecule has 5 heterocycles. The summed E-state index contributed by atoms with van der Waals surface area (Å²) in [6.45, 7) is 6.98. The topological polar surface area (TPSA) is 126 Å². The summed E-state index contributed by atoms with van der Waals surface area (Å²) in [7, 11) is 0. The zero-order valence-electron chi connectivity index (χ0n) is 29.3. The lowest BCUT2D eigenvalue weighted by molar-refractivity contribution is -0.139. The van der Waals surface area contributed by atoms with Gasteiger partial charge in [0.15, 0.2) is 0 Å². The molecule has 270 valence electrons. The molecule has 1 aromatic heterocycles. The van der Waals surface area contributed by atoms with Crippen molar-refractivity contribution in [1.29, 1.82) is 0 Å². The van der Waals surface area contributed by atoms with Gasteiger partial charge in [0.1, 0.15) is 12.6 Å². The van der Waals surface area contributed by atoms with Gasteiger partial charge in [-0.2, -0.15) is 0 Å². The van der Waals surface area contributed by atoms with Crippen molar-refractivity contribution in [2.75, 3.05) is 45.8 Å². The number of rotatable bonds is 10. The fourth-order valence-electron chi connectivity index (χ4n) is 8.14. The molecule has 0 spiro atoms. The number of carbonyl (C=O) groups excluding carboxylic acids is 4. The molecular weight excluding hydrogens is 665 g/mol. The zero-order valence-corrected chi connectivity index (χ0v) is 30.2. The lowest BCUT2D eigenvalue weighted by atomic mass is 9.94. The molecule has 0 aliphatic carbocycles. The summed E-state index contributed by atoms with van der Waals surface area (Å²) in [5.41, 5.74) is 6.18. The van der Waals surface area contributed by atoms with Gasteiger partial charge in [-0.15, -0.1) is 11.3 Å². The number of aliphatic hydroxyl groups is 1. The van der Waals surface area contributed by atoms with Crippen LogP contribution in [0.3, 0.4) is 0 Å². The van der Waals surface area contributed by atoms with Crippen molar-refractivity contribution in [2.45, 2.75) is 76.6 Å². The van der Waals surface area contributed by atoms with Gasteiger partial charge in [-0.05, 0) is 74.1 Å². The molecule has 0 bridgehead atoms. The van der Waals surface area contributed by atoms with E-state index in [2.05, 4.69) is 15.2 Å². The number of benzene rings is 2. The molecule has 3 saturated heterocycles. The molecule has 2 aromatic carbocycles. The van der Waals surface area contributed by atoms with Crippen LogP contribution in [0, 0.1) is 12.8 Å². The Morgan fingerprint density at radius 2 is 1.69 bits per heavy atom. The summed E-state index contributed by atoms with van der Waals surface area (Å²) in [6.07, 6.45) is 4.70. The van der Waals surface area contributed by atoms with Crippen LogP contribution in [0.25, 0.3) is 10.4 Å². The second-order valence-corrected chi connectivity index (χ2v) is 15.4. The summed E-state index contributed by atoms with van der Waals surface area (Å²) in [5, 5.41) is 13.0. The Hall–Kier alpha value is -4.13. The van der Waals surface area contributed by atoms with Crippen molar-refractivity contribution in [3.05, 3.63) is 76.4 Å². The molecule has 12 heteroatoms. The number of hydrogen-bond acceptors (Lipinski definition) is 8. The number of piperidine rings is 2. The lowest BCUT2D eigenvalue weighted by Gasteiger charge is -2.37. The number of likely N-dealkylation sites (tertiary alicyclic amines) is 3. The number of aromatic nitrogens is 1. The molecule has 11 nitrogen and oxygen atoms in total. The minimum Gasteiger partial charge on any atom is -0.393 e. The van der Waals surface area contributed by atoms with Gasteiger partial charge in [0.2, 0.25) is 17.7 Å². The maximum Gasteiger partial charge on any atom is 0.254 e. The fourth-order valence-corrected chi connectivity index (χ4v) is 8.95. The van der Waals surface area contributed by atoms with Crippen LogP contribution in [0.2, 0.25) is 0 Å². The third-order valence-corrected chi connectivity index (χ3v) is 12.1. The smallest absolute Gasteiger partial charge is 0.254 e. The first-order valence-corrected chi connectivity index (χ1v) is 19.3. The van der Waals surface area contributed by atoms with Crippen molar-refractivity contribution >= 4 is 35.0 Å². The van der Waals surface area contributed by atoms with Gasteiger partial charge in [-0.1, -0.05) is 42.5 Å². The van der Waals surface area contributed by atoms with E-state index in [0.29, 0.717) is 50.5 Å². The van der Waals surface area contributed by atoms with E-state index in [1.807, 2.05) is 59.8 Å². The van der Waals surface area contributed by atoms with E-state index < -0.39 is 12.1 Å². The average molecular weight is 713 g/mol. The standard InChI is InChI=1S/C39H48N6O5S/c1-26-37(51-25-40-26)29-10-8-28(9-11-29)33(21-35(47)43-19-12-27(13-20-43)22-42-17-14-31(46)15-18-42)41-38(49)34-7-4-16-45(34)36(48)24-44-23-30-5-2-3-6-32(30)39(44)50/h2-3,5-6,8-11,25,27,31,33-34,46H,4,7,12-24H2,1H3,(H,41,49). The van der Waals surface area contributed by atoms with E-state index in [-0.39, 0.29) is 42.7 Å². The van der Waals surface area contributed by atoms with Crippen LogP contribution in [0.1, 0.15) is 78.2 Å². The predicted octanol–water partition coefficient (Wildman–Crippen LogP) is 4.01. The van der Waals surface area contributed by atoms with Crippen molar-refractivity contribution in [2.24, 2.45) is 5.92 Å². The van der Waals surface area contributed by atoms with Crippen molar-refractivity contribution in [3.8, 4) is 10.4 Å². The SMILES string of the molecule is Cc1ncsc1-c1ccc(C(CC(=O)N2CCC(CN3CCC(O)CC3)CC2)NC(=O)C2CCCN2C(=O)CN2Cc3ccccc3C2=O)cc1. The molecule has 2 atom stereocenters. The molecule has 3 aromatic rings. The zero-order chi connectivity index (χ0) is 35.5. The first kappa shape index (κ1) is 35.3. The summed E-state index contributed by atoms with van der Waals surface area (Å²) < 4.78 is 0. The van der Waals surface area contributed by atoms with Crippen molar-refractivity contribution < 1.29 is 24.3 Å². The van der Waals surface area contributed by atoms with E-state index >= 15 is 0 Å². The maximum atomic E-state index is 14.0. The van der Waals surface area contributed by atoms with E-state index in [1.54, 1.807) is 27.2 Å². The third-order valence-electron chi connectivity index (χ3n) is 11.2. The van der Waals surface area contributed by atoms with Crippen LogP contribution >= 0.6 is 11.3 Å². The Morgan fingerprint density at radius 1 is 0.941 bits per heavy atom. The van der Waals surface area contributed by atoms with Crippen LogP contribution in [-0.2, 0) is 20.9 Å². The number of nitrogens with one attached hydrogen (secondary N) is 1. The highest BCUT2D eigenvalue weighted by atomic mass is 32.1. The highest BCUT2D eigenvalue weighted by Gasteiger charge is 2.38. The van der Waals surface area contributed by atoms with Crippen molar-refractivity contribution in [3.63, 3.8) is 0 Å². The summed E-state index contributed by atoms with van der Waals surface area (Å²) in [5.74, 6) is -0.145. The number of thiazole rings is 1. The Bertz CT molecular complexity index is 1730. The molecule has 4 amide bonds. The Labute approximate surface area is 303 Å². The molecule has 3 fully saturated rings. The van der Waals surface area contributed by atoms with Gasteiger partial charge in [-0.25, -0.2) is 4.98 Å². The van der Waals surface area contributed by atoms with Crippen LogP contribution in [0.15, 0.2) is 54.0 Å². The second kappa shape index (κ2) is 15.6. The Balaban J connectivity index is 1.01. The molecule has 51 heavy (non-hydrogen) atoms. The third kappa shape index (κ3) is 8.03. The number of fused-ring (bicyclic) bond motifs is 1. The predicted molar refractivity (Wildman–Crippen MR) is 195 cm³/mol. The normalized spacial score (nSPS) is 20.9. The molecule has 4 aliphatic heterocycles. The van der Waals surface area contributed by atoms with Crippen LogP contribution in [-0.4, -0.2) is 111 Å². The minimum absolute atomic E-state index is 0.00805. The molecule has 0 radical (unpaired) electrons. The summed E-state index contributed by atoms with van der Waals surface area (Å²) in [6, 6.07) is 14.1. The summed E-state index contributed by atoms with van der Waals surface area (Å²) in [4.78, 5) is 67.4. The number of aryl methyl sites for hydroxylation is 1. The van der Waals surface area contributed by atoms with Gasteiger partial charge in [0.05, 0.1) is 34.6 Å². The molecule has 2 N–H and O–H groups in total. The quantitative estimate of drug-likeness (QED) is 0.326. The van der Waals surface area contributed by atoms with Gasteiger partial charge in [0, 0.05) is 51.4 Å². The van der Waals surface area contributed by atoms with Crippen LogP contribution in [0.5, 0.6) is 0 Å². The highest BCUT2D eigenvalue weighted by Crippen LogP contribution is 2.31. The van der Waals surface area contributed by atoms with E-state index in [4.69, 9.17) is 0 Å². The Kier molecular flexibility index (Phi) is 10.8. The number of aliphatic hydroxyl groups excluding tert-OH is 1. The minimum atomic E-state index is -0.666. The first-order chi connectivity index (χ1) is 24.7. The van der Waals surface area contributed by atoms with E-state index in [1.165, 1.54) is 0 Å². The molecular formula is C39H48N6O5S.